The summed E-state index contributed by atoms with van der Waals surface area (Å²) in [6, 6.07) is 9.74. The number of benzene rings is 1. The number of rotatable bonds is 6. The minimum absolute atomic E-state index is 0.137. The number of nitrogens with one attached hydrogen (secondary N) is 1. The van der Waals surface area contributed by atoms with Crippen LogP contribution in [-0.4, -0.2) is 37.1 Å². The number of ether oxygens (including phenoxy) is 2. The number of hydrogen-bond acceptors (Lipinski definition) is 3. The van der Waals surface area contributed by atoms with Crippen LogP contribution in [0.4, 0.5) is 4.79 Å². The summed E-state index contributed by atoms with van der Waals surface area (Å²) in [5.74, 6) is -0.922. The molecular formula is C17H26N2O3. The van der Waals surface area contributed by atoms with Gasteiger partial charge in [-0.15, -0.1) is 0 Å². The van der Waals surface area contributed by atoms with Crippen molar-refractivity contribution in [2.45, 2.75) is 45.1 Å². The zero-order valence-electron chi connectivity index (χ0n) is 13.5. The third-order valence-corrected chi connectivity index (χ3v) is 3.92. The number of carbonyl (C=O) groups is 1. The van der Waals surface area contributed by atoms with Crippen molar-refractivity contribution in [2.75, 3.05) is 20.3 Å². The van der Waals surface area contributed by atoms with E-state index in [4.69, 9.17) is 9.47 Å². The first-order valence-corrected chi connectivity index (χ1v) is 8.00. The second-order valence-electron chi connectivity index (χ2n) is 5.52. The van der Waals surface area contributed by atoms with Crippen LogP contribution in [0.15, 0.2) is 30.3 Å². The van der Waals surface area contributed by atoms with Crippen LogP contribution in [0.2, 0.25) is 0 Å². The van der Waals surface area contributed by atoms with E-state index < -0.39 is 5.91 Å². The van der Waals surface area contributed by atoms with Crippen molar-refractivity contribution < 1.29 is 14.3 Å². The van der Waals surface area contributed by atoms with Crippen molar-refractivity contribution in [3.63, 3.8) is 0 Å². The molecule has 2 rings (SSSR count). The molecule has 1 aromatic carbocycles. The van der Waals surface area contributed by atoms with E-state index in [1.165, 1.54) is 0 Å². The zero-order chi connectivity index (χ0) is 15.8. The average Bonchev–Trinajstić information content (AvgIpc) is 2.59. The number of hydrogen-bond donors (Lipinski definition) is 1. The molecule has 1 aliphatic rings. The Kier molecular flexibility index (Phi) is 6.21. The molecule has 1 aliphatic heterocycles. The monoisotopic (exact) mass is 306 g/mol. The Bertz CT molecular complexity index is 466. The van der Waals surface area contributed by atoms with Gasteiger partial charge in [-0.3, -0.25) is 4.90 Å². The standard InChI is InChI=1S/C17H26N2O3/c1-3-13-22-17(21-2)11-7-8-12-19(17)16(20)18-14-15-9-5-4-6-10-15/h4-6,9-10H,3,7-8,11-14H2,1-2H3,(H,18,20). The Morgan fingerprint density at radius 3 is 2.77 bits per heavy atom. The molecule has 1 atom stereocenters. The SMILES string of the molecule is CCCOC1(OC)CCCCN1C(=O)NCc1ccccc1. The first kappa shape index (κ1) is 16.8. The number of nitrogens with zero attached hydrogens (tertiary/aromatic N) is 1. The van der Waals surface area contributed by atoms with E-state index in [9.17, 15) is 4.79 Å². The highest BCUT2D eigenvalue weighted by atomic mass is 16.7. The summed E-state index contributed by atoms with van der Waals surface area (Å²) in [5, 5.41) is 2.96. The summed E-state index contributed by atoms with van der Waals surface area (Å²) in [6.07, 6.45) is 3.58. The molecule has 1 fully saturated rings. The van der Waals surface area contributed by atoms with E-state index in [2.05, 4.69) is 5.32 Å². The lowest BCUT2D eigenvalue weighted by Crippen LogP contribution is -2.60. The number of amides is 2. The molecule has 0 aliphatic carbocycles. The number of likely N-dealkylation sites (tertiary alicyclic amines) is 1. The second kappa shape index (κ2) is 8.15. The first-order chi connectivity index (χ1) is 10.7. The predicted octanol–water partition coefficient (Wildman–Crippen LogP) is 3.11. The van der Waals surface area contributed by atoms with Gasteiger partial charge in [0.1, 0.15) is 0 Å². The minimum atomic E-state index is -0.922. The highest BCUT2D eigenvalue weighted by molar-refractivity contribution is 5.74. The summed E-state index contributed by atoms with van der Waals surface area (Å²) in [4.78, 5) is 14.3. The molecule has 1 aromatic rings. The highest BCUT2D eigenvalue weighted by Crippen LogP contribution is 2.30. The fourth-order valence-electron chi connectivity index (χ4n) is 2.73. The first-order valence-electron chi connectivity index (χ1n) is 8.00. The zero-order valence-corrected chi connectivity index (χ0v) is 13.5. The van der Waals surface area contributed by atoms with Gasteiger partial charge in [-0.2, -0.15) is 0 Å². The van der Waals surface area contributed by atoms with E-state index >= 15 is 0 Å². The van der Waals surface area contributed by atoms with Crippen molar-refractivity contribution in [1.82, 2.24) is 10.2 Å². The maximum absolute atomic E-state index is 12.6. The van der Waals surface area contributed by atoms with Crippen molar-refractivity contribution in [2.24, 2.45) is 0 Å². The van der Waals surface area contributed by atoms with E-state index in [1.807, 2.05) is 37.3 Å². The molecule has 0 aromatic heterocycles. The quantitative estimate of drug-likeness (QED) is 0.822. The van der Waals surface area contributed by atoms with Gasteiger partial charge in [-0.1, -0.05) is 37.3 Å². The molecule has 22 heavy (non-hydrogen) atoms. The van der Waals surface area contributed by atoms with Gasteiger partial charge in [0.15, 0.2) is 0 Å². The fraction of sp³-hybridized carbons (Fsp3) is 0.588. The Hall–Kier alpha value is -1.59. The molecule has 1 unspecified atom stereocenters. The lowest BCUT2D eigenvalue weighted by molar-refractivity contribution is -0.303. The van der Waals surface area contributed by atoms with Crippen LogP contribution < -0.4 is 5.32 Å². The van der Waals surface area contributed by atoms with E-state index in [0.29, 0.717) is 26.1 Å². The van der Waals surface area contributed by atoms with Gasteiger partial charge in [-0.05, 0) is 24.8 Å². The molecule has 1 heterocycles. The Morgan fingerprint density at radius 1 is 1.32 bits per heavy atom. The minimum Gasteiger partial charge on any atom is -0.336 e. The molecule has 122 valence electrons. The van der Waals surface area contributed by atoms with Crippen LogP contribution in [0.5, 0.6) is 0 Å². The summed E-state index contributed by atoms with van der Waals surface area (Å²) in [6.45, 7) is 3.78. The molecule has 2 amide bonds. The molecule has 5 nitrogen and oxygen atoms in total. The maximum Gasteiger partial charge on any atom is 0.321 e. The van der Waals surface area contributed by atoms with Gasteiger partial charge in [0, 0.05) is 26.6 Å². The summed E-state index contributed by atoms with van der Waals surface area (Å²) < 4.78 is 11.5. The molecule has 1 saturated heterocycles. The summed E-state index contributed by atoms with van der Waals surface area (Å²) in [5.41, 5.74) is 1.07. The van der Waals surface area contributed by atoms with Gasteiger partial charge in [0.05, 0.1) is 6.61 Å². The van der Waals surface area contributed by atoms with Gasteiger partial charge < -0.3 is 14.8 Å². The lowest BCUT2D eigenvalue weighted by Gasteiger charge is -2.44. The van der Waals surface area contributed by atoms with Crippen molar-refractivity contribution in [3.05, 3.63) is 35.9 Å². The smallest absolute Gasteiger partial charge is 0.321 e. The fourth-order valence-corrected chi connectivity index (χ4v) is 2.73. The predicted molar refractivity (Wildman–Crippen MR) is 85.2 cm³/mol. The number of piperidine rings is 1. The van der Waals surface area contributed by atoms with Gasteiger partial charge in [0.25, 0.3) is 5.91 Å². The highest BCUT2D eigenvalue weighted by Gasteiger charge is 2.43. The van der Waals surface area contributed by atoms with Crippen LogP contribution in [0.3, 0.4) is 0 Å². The average molecular weight is 306 g/mol. The summed E-state index contributed by atoms with van der Waals surface area (Å²) in [7, 11) is 1.61. The van der Waals surface area contributed by atoms with Crippen LogP contribution in [0, 0.1) is 0 Å². The van der Waals surface area contributed by atoms with Gasteiger partial charge >= 0.3 is 6.03 Å². The van der Waals surface area contributed by atoms with Crippen LogP contribution >= 0.6 is 0 Å². The lowest BCUT2D eigenvalue weighted by atomic mass is 10.1. The van der Waals surface area contributed by atoms with Gasteiger partial charge in [-0.25, -0.2) is 4.79 Å². The molecule has 1 N–H and O–H groups in total. The number of carbonyl (C=O) groups excluding carboxylic acids is 1. The normalized spacial score (nSPS) is 21.6. The van der Waals surface area contributed by atoms with E-state index in [1.54, 1.807) is 12.0 Å². The number of methoxy groups -OCH3 is 1. The maximum atomic E-state index is 12.6. The van der Waals surface area contributed by atoms with Crippen molar-refractivity contribution in [1.29, 1.82) is 0 Å². The molecule has 0 saturated carbocycles. The van der Waals surface area contributed by atoms with Crippen LogP contribution in [0.25, 0.3) is 0 Å². The third kappa shape index (κ3) is 3.99. The largest absolute Gasteiger partial charge is 0.336 e. The molecule has 0 bridgehead atoms. The van der Waals surface area contributed by atoms with Crippen molar-refractivity contribution in [3.8, 4) is 0 Å². The van der Waals surface area contributed by atoms with E-state index in [-0.39, 0.29) is 6.03 Å². The number of urea groups is 1. The third-order valence-electron chi connectivity index (χ3n) is 3.92. The molecule has 0 spiro atoms. The van der Waals surface area contributed by atoms with Crippen molar-refractivity contribution >= 4 is 6.03 Å². The molecule has 0 radical (unpaired) electrons. The second-order valence-corrected chi connectivity index (χ2v) is 5.52. The molecule has 5 heteroatoms. The summed E-state index contributed by atoms with van der Waals surface area (Å²) >= 11 is 0. The van der Waals surface area contributed by atoms with Crippen LogP contribution in [0.1, 0.15) is 38.2 Å². The Morgan fingerprint density at radius 2 is 2.09 bits per heavy atom. The molecular weight excluding hydrogens is 280 g/mol. The Balaban J connectivity index is 2.01. The van der Waals surface area contributed by atoms with Crippen LogP contribution in [-0.2, 0) is 16.0 Å². The van der Waals surface area contributed by atoms with Gasteiger partial charge in [0.2, 0.25) is 0 Å². The Labute approximate surface area is 132 Å². The van der Waals surface area contributed by atoms with E-state index in [0.717, 1.165) is 24.8 Å². The topological polar surface area (TPSA) is 50.8 Å².